The van der Waals surface area contributed by atoms with Gasteiger partial charge in [-0.15, -0.1) is 0 Å². The van der Waals surface area contributed by atoms with Crippen LogP contribution in [0, 0.1) is 5.82 Å². The topological polar surface area (TPSA) is 55.8 Å². The molecular weight excluding hydrogens is 415 g/mol. The van der Waals surface area contributed by atoms with Crippen LogP contribution in [0.25, 0.3) is 10.9 Å². The van der Waals surface area contributed by atoms with Gasteiger partial charge < -0.3 is 20.4 Å². The van der Waals surface area contributed by atoms with Crippen LogP contribution in [0.2, 0.25) is 0 Å². The van der Waals surface area contributed by atoms with Crippen LogP contribution >= 0.6 is 0 Å². The highest BCUT2D eigenvalue weighted by atomic mass is 19.1. The standard InChI is InChI=1S/C26H33FN6/c1-3-28-26(31-19-21-11-12-29-24-8-6-5-7-22(21)24)30-18-20-9-10-25(23(27)17-20)33-15-13-32(4-2)14-16-33/h5-12,17H,3-4,13-16,18-19H2,1-2H3,(H2,28,30,31). The van der Waals surface area contributed by atoms with Crippen molar-refractivity contribution in [2.75, 3.05) is 44.2 Å². The molecule has 0 amide bonds. The Bertz CT molecular complexity index is 1090. The van der Waals surface area contributed by atoms with Gasteiger partial charge in [0.2, 0.25) is 0 Å². The molecule has 2 N–H and O–H groups in total. The number of rotatable bonds is 7. The molecule has 1 aliphatic rings. The Kier molecular flexibility index (Phi) is 7.73. The van der Waals surface area contributed by atoms with Gasteiger partial charge in [0.25, 0.3) is 0 Å². The van der Waals surface area contributed by atoms with Crippen molar-refractivity contribution in [1.82, 2.24) is 20.5 Å². The molecule has 0 bridgehead atoms. The molecule has 2 aromatic carbocycles. The van der Waals surface area contributed by atoms with Crippen LogP contribution < -0.4 is 15.5 Å². The lowest BCUT2D eigenvalue weighted by molar-refractivity contribution is 0.270. The minimum absolute atomic E-state index is 0.172. The Hall–Kier alpha value is -3.19. The second-order valence-electron chi connectivity index (χ2n) is 8.24. The van der Waals surface area contributed by atoms with E-state index in [0.29, 0.717) is 24.7 Å². The van der Waals surface area contributed by atoms with Crippen molar-refractivity contribution in [2.24, 2.45) is 4.99 Å². The Balaban J connectivity index is 1.40. The van der Waals surface area contributed by atoms with Crippen molar-refractivity contribution in [3.63, 3.8) is 0 Å². The van der Waals surface area contributed by atoms with E-state index in [1.54, 1.807) is 6.07 Å². The summed E-state index contributed by atoms with van der Waals surface area (Å²) in [6, 6.07) is 15.6. The lowest BCUT2D eigenvalue weighted by Gasteiger charge is -2.35. The normalized spacial score (nSPS) is 15.1. The number of fused-ring (bicyclic) bond motifs is 1. The molecule has 1 aliphatic heterocycles. The lowest BCUT2D eigenvalue weighted by atomic mass is 10.1. The molecule has 33 heavy (non-hydrogen) atoms. The molecule has 174 valence electrons. The summed E-state index contributed by atoms with van der Waals surface area (Å²) in [4.78, 5) is 13.6. The highest BCUT2D eigenvalue weighted by Crippen LogP contribution is 2.22. The van der Waals surface area contributed by atoms with E-state index < -0.39 is 0 Å². The number of likely N-dealkylation sites (N-methyl/N-ethyl adjacent to an activating group) is 1. The highest BCUT2D eigenvalue weighted by Gasteiger charge is 2.18. The maximum Gasteiger partial charge on any atom is 0.191 e. The van der Waals surface area contributed by atoms with Crippen molar-refractivity contribution in [1.29, 1.82) is 0 Å². The molecule has 2 heterocycles. The van der Waals surface area contributed by atoms with Crippen LogP contribution in [0.1, 0.15) is 25.0 Å². The minimum Gasteiger partial charge on any atom is -0.367 e. The molecule has 1 fully saturated rings. The molecule has 7 heteroatoms. The van der Waals surface area contributed by atoms with Crippen LogP contribution in [0.15, 0.2) is 59.7 Å². The number of hydrogen-bond acceptors (Lipinski definition) is 4. The van der Waals surface area contributed by atoms with Gasteiger partial charge in [0.1, 0.15) is 5.82 Å². The van der Waals surface area contributed by atoms with Crippen molar-refractivity contribution in [3.05, 3.63) is 71.7 Å². The lowest BCUT2D eigenvalue weighted by Crippen LogP contribution is -2.46. The van der Waals surface area contributed by atoms with Crippen molar-refractivity contribution in [3.8, 4) is 0 Å². The second-order valence-corrected chi connectivity index (χ2v) is 8.24. The number of aromatic nitrogens is 1. The number of anilines is 1. The minimum atomic E-state index is -0.172. The molecule has 0 spiro atoms. The molecule has 0 atom stereocenters. The third-order valence-electron chi connectivity index (χ3n) is 6.12. The number of para-hydroxylation sites is 1. The summed E-state index contributed by atoms with van der Waals surface area (Å²) in [5.74, 6) is 0.535. The van der Waals surface area contributed by atoms with E-state index in [9.17, 15) is 4.39 Å². The Morgan fingerprint density at radius 2 is 1.85 bits per heavy atom. The largest absolute Gasteiger partial charge is 0.367 e. The number of piperazine rings is 1. The number of nitrogens with one attached hydrogen (secondary N) is 2. The molecule has 1 aromatic heterocycles. The van der Waals surface area contributed by atoms with Crippen LogP contribution in [0.3, 0.4) is 0 Å². The fraction of sp³-hybridized carbons (Fsp3) is 0.385. The number of benzene rings is 2. The summed E-state index contributed by atoms with van der Waals surface area (Å²) in [6.45, 7) is 10.7. The zero-order valence-electron chi connectivity index (χ0n) is 19.5. The second kappa shape index (κ2) is 11.1. The molecule has 4 rings (SSSR count). The first-order valence-corrected chi connectivity index (χ1v) is 11.8. The fourth-order valence-electron chi connectivity index (χ4n) is 4.21. The zero-order chi connectivity index (χ0) is 23.0. The van der Waals surface area contributed by atoms with Gasteiger partial charge in [0, 0.05) is 50.9 Å². The zero-order valence-corrected chi connectivity index (χ0v) is 19.5. The number of halogens is 1. The van der Waals surface area contributed by atoms with Gasteiger partial charge in [0.05, 0.1) is 17.7 Å². The third-order valence-corrected chi connectivity index (χ3v) is 6.12. The summed E-state index contributed by atoms with van der Waals surface area (Å²) >= 11 is 0. The highest BCUT2D eigenvalue weighted by molar-refractivity contribution is 5.83. The van der Waals surface area contributed by atoms with Gasteiger partial charge in [-0.25, -0.2) is 9.38 Å². The Labute approximate surface area is 195 Å². The van der Waals surface area contributed by atoms with Crippen LogP contribution in [0.5, 0.6) is 0 Å². The first kappa shape index (κ1) is 23.0. The molecule has 3 aromatic rings. The summed E-state index contributed by atoms with van der Waals surface area (Å²) in [5.41, 5.74) is 3.68. The average molecular weight is 449 g/mol. The molecule has 1 saturated heterocycles. The van der Waals surface area contributed by atoms with E-state index in [4.69, 9.17) is 0 Å². The van der Waals surface area contributed by atoms with Gasteiger partial charge in [-0.2, -0.15) is 0 Å². The first-order valence-electron chi connectivity index (χ1n) is 11.8. The molecule has 0 unspecified atom stereocenters. The molecule has 6 nitrogen and oxygen atoms in total. The first-order chi connectivity index (χ1) is 16.2. The summed E-state index contributed by atoms with van der Waals surface area (Å²) < 4.78 is 14.9. The van der Waals surface area contributed by atoms with E-state index in [2.05, 4.69) is 43.4 Å². The van der Waals surface area contributed by atoms with Gasteiger partial charge in [0.15, 0.2) is 5.96 Å². The predicted molar refractivity (Wildman–Crippen MR) is 134 cm³/mol. The van der Waals surface area contributed by atoms with E-state index in [1.807, 2.05) is 49.5 Å². The quantitative estimate of drug-likeness (QED) is 0.426. The average Bonchev–Trinajstić information content (AvgIpc) is 2.86. The monoisotopic (exact) mass is 448 g/mol. The fourth-order valence-corrected chi connectivity index (χ4v) is 4.21. The predicted octanol–water partition coefficient (Wildman–Crippen LogP) is 3.77. The SMILES string of the molecule is CCNC(=NCc1ccc(N2CCN(CC)CC2)c(F)c1)NCc1ccnc2ccccc12. The number of pyridine rings is 1. The molecule has 0 radical (unpaired) electrons. The summed E-state index contributed by atoms with van der Waals surface area (Å²) in [7, 11) is 0. The van der Waals surface area contributed by atoms with Gasteiger partial charge in [-0.3, -0.25) is 4.98 Å². The number of hydrogen-bond donors (Lipinski definition) is 2. The summed E-state index contributed by atoms with van der Waals surface area (Å²) in [5, 5.41) is 7.79. The van der Waals surface area contributed by atoms with E-state index >= 15 is 0 Å². The number of aliphatic imine (C=N–C) groups is 1. The maximum absolute atomic E-state index is 14.9. The van der Waals surface area contributed by atoms with Gasteiger partial charge in [-0.1, -0.05) is 31.2 Å². The van der Waals surface area contributed by atoms with Gasteiger partial charge >= 0.3 is 0 Å². The van der Waals surface area contributed by atoms with Gasteiger partial charge in [-0.05, 0) is 48.9 Å². The third kappa shape index (κ3) is 5.79. The van der Waals surface area contributed by atoms with E-state index in [-0.39, 0.29) is 5.82 Å². The van der Waals surface area contributed by atoms with Crippen molar-refractivity contribution >= 4 is 22.5 Å². The molecule has 0 aliphatic carbocycles. The van der Waals surface area contributed by atoms with E-state index in [0.717, 1.165) is 61.3 Å². The number of guanidine groups is 1. The Morgan fingerprint density at radius 1 is 1.03 bits per heavy atom. The number of nitrogens with zero attached hydrogens (tertiary/aromatic N) is 4. The van der Waals surface area contributed by atoms with E-state index in [1.165, 1.54) is 0 Å². The maximum atomic E-state index is 14.9. The van der Waals surface area contributed by atoms with Crippen LogP contribution in [-0.4, -0.2) is 55.1 Å². The Morgan fingerprint density at radius 3 is 2.61 bits per heavy atom. The van der Waals surface area contributed by atoms with Crippen molar-refractivity contribution < 1.29 is 4.39 Å². The van der Waals surface area contributed by atoms with Crippen LogP contribution in [-0.2, 0) is 13.1 Å². The van der Waals surface area contributed by atoms with Crippen LogP contribution in [0.4, 0.5) is 10.1 Å². The molecule has 0 saturated carbocycles. The smallest absolute Gasteiger partial charge is 0.191 e. The summed E-state index contributed by atoms with van der Waals surface area (Å²) in [6.07, 6.45) is 1.83. The molecular formula is C26H33FN6. The van der Waals surface area contributed by atoms with Crippen molar-refractivity contribution in [2.45, 2.75) is 26.9 Å².